The lowest BCUT2D eigenvalue weighted by Gasteiger charge is -2.10. The fourth-order valence-electron chi connectivity index (χ4n) is 2.44. The van der Waals surface area contributed by atoms with Gasteiger partial charge in [-0.3, -0.25) is 0 Å². The fourth-order valence-corrected chi connectivity index (χ4v) is 2.44. The molecular formula is C20H22FIN4O. The lowest BCUT2D eigenvalue weighted by molar-refractivity contribution is 0.422. The molecule has 3 rings (SSSR count). The van der Waals surface area contributed by atoms with Crippen molar-refractivity contribution in [2.45, 2.75) is 20.0 Å². The molecule has 27 heavy (non-hydrogen) atoms. The van der Waals surface area contributed by atoms with Gasteiger partial charge >= 0.3 is 0 Å². The molecule has 0 aliphatic carbocycles. The molecule has 0 fully saturated rings. The zero-order chi connectivity index (χ0) is 18.2. The molecule has 0 saturated carbocycles. The van der Waals surface area contributed by atoms with Crippen LogP contribution in [0.1, 0.15) is 18.2 Å². The molecule has 1 heterocycles. The van der Waals surface area contributed by atoms with E-state index < -0.39 is 0 Å². The third-order valence-corrected chi connectivity index (χ3v) is 3.76. The number of nitrogens with one attached hydrogen (secondary N) is 2. The van der Waals surface area contributed by atoms with Crippen molar-refractivity contribution in [2.24, 2.45) is 4.99 Å². The molecule has 0 bridgehead atoms. The summed E-state index contributed by atoms with van der Waals surface area (Å²) in [4.78, 5) is 4.42. The molecule has 2 N–H and O–H groups in total. The lowest BCUT2D eigenvalue weighted by atomic mass is 10.2. The molecule has 3 aromatic rings. The van der Waals surface area contributed by atoms with Gasteiger partial charge in [-0.2, -0.15) is 0 Å². The van der Waals surface area contributed by atoms with Gasteiger partial charge in [0.15, 0.2) is 11.7 Å². The Kier molecular flexibility index (Phi) is 8.25. The number of guanidine groups is 1. The maximum absolute atomic E-state index is 13.7. The maximum Gasteiger partial charge on any atom is 0.191 e. The highest BCUT2D eigenvalue weighted by molar-refractivity contribution is 14.0. The Labute approximate surface area is 175 Å². The number of hydrogen-bond acceptors (Lipinski definition) is 3. The molecule has 5 nitrogen and oxygen atoms in total. The molecular weight excluding hydrogens is 458 g/mol. The van der Waals surface area contributed by atoms with Crippen molar-refractivity contribution in [3.05, 3.63) is 77.7 Å². The predicted octanol–water partition coefficient (Wildman–Crippen LogP) is 4.35. The van der Waals surface area contributed by atoms with Crippen molar-refractivity contribution in [1.82, 2.24) is 15.8 Å². The Morgan fingerprint density at radius 1 is 1.07 bits per heavy atom. The van der Waals surface area contributed by atoms with Crippen molar-refractivity contribution in [3.63, 3.8) is 0 Å². The molecule has 0 radical (unpaired) electrons. The van der Waals surface area contributed by atoms with Crippen LogP contribution in [0.2, 0.25) is 0 Å². The van der Waals surface area contributed by atoms with Crippen LogP contribution >= 0.6 is 24.0 Å². The minimum atomic E-state index is -0.254. The maximum atomic E-state index is 13.7. The molecule has 0 saturated heterocycles. The second-order valence-electron chi connectivity index (χ2n) is 5.69. The Bertz CT molecular complexity index is 867. The van der Waals surface area contributed by atoms with Crippen molar-refractivity contribution in [1.29, 1.82) is 0 Å². The van der Waals surface area contributed by atoms with Gasteiger partial charge in [-0.15, -0.1) is 24.0 Å². The number of benzene rings is 2. The average Bonchev–Trinajstić information content (AvgIpc) is 3.15. The normalized spacial score (nSPS) is 11.0. The van der Waals surface area contributed by atoms with Gasteiger partial charge in [-0.25, -0.2) is 9.38 Å². The highest BCUT2D eigenvalue weighted by Gasteiger charge is 2.07. The van der Waals surface area contributed by atoms with E-state index in [1.165, 1.54) is 6.07 Å². The monoisotopic (exact) mass is 480 g/mol. The number of aromatic nitrogens is 1. The van der Waals surface area contributed by atoms with Gasteiger partial charge in [0, 0.05) is 23.7 Å². The Balaban J connectivity index is 0.00000261. The van der Waals surface area contributed by atoms with Crippen molar-refractivity contribution < 1.29 is 8.91 Å². The number of nitrogens with zero attached hydrogens (tertiary/aromatic N) is 2. The van der Waals surface area contributed by atoms with E-state index in [-0.39, 0.29) is 36.3 Å². The third-order valence-electron chi connectivity index (χ3n) is 3.76. The van der Waals surface area contributed by atoms with Crippen LogP contribution < -0.4 is 10.6 Å². The van der Waals surface area contributed by atoms with Crippen LogP contribution in [0.4, 0.5) is 4.39 Å². The molecule has 0 amide bonds. The summed E-state index contributed by atoms with van der Waals surface area (Å²) >= 11 is 0. The molecule has 0 aliphatic rings. The topological polar surface area (TPSA) is 62.5 Å². The van der Waals surface area contributed by atoms with Crippen LogP contribution in [-0.2, 0) is 13.1 Å². The summed E-state index contributed by atoms with van der Waals surface area (Å²) in [5, 5.41) is 10.4. The van der Waals surface area contributed by atoms with Crippen molar-refractivity contribution in [3.8, 4) is 11.3 Å². The van der Waals surface area contributed by atoms with Crippen LogP contribution in [0.3, 0.4) is 0 Å². The number of aliphatic imine (C=N–C) groups is 1. The van der Waals surface area contributed by atoms with E-state index in [0.29, 0.717) is 24.6 Å². The SMILES string of the molecule is CCNC(=NCc1ccccc1F)NCc1cc(-c2ccccc2)on1.I. The second-order valence-corrected chi connectivity index (χ2v) is 5.69. The largest absolute Gasteiger partial charge is 0.357 e. The summed E-state index contributed by atoms with van der Waals surface area (Å²) in [6.45, 7) is 3.40. The van der Waals surface area contributed by atoms with Gasteiger partial charge in [-0.1, -0.05) is 53.7 Å². The van der Waals surface area contributed by atoms with Crippen LogP contribution in [0.25, 0.3) is 11.3 Å². The van der Waals surface area contributed by atoms with Crippen LogP contribution in [0.15, 0.2) is 70.2 Å². The van der Waals surface area contributed by atoms with Gasteiger partial charge in [0.05, 0.1) is 13.1 Å². The average molecular weight is 480 g/mol. The lowest BCUT2D eigenvalue weighted by Crippen LogP contribution is -2.36. The van der Waals surface area contributed by atoms with Gasteiger partial charge in [0.25, 0.3) is 0 Å². The molecule has 1 aromatic heterocycles. The molecule has 0 aliphatic heterocycles. The second kappa shape index (κ2) is 10.7. The molecule has 142 valence electrons. The van der Waals surface area contributed by atoms with Gasteiger partial charge in [0.2, 0.25) is 0 Å². The summed E-state index contributed by atoms with van der Waals surface area (Å²) in [6, 6.07) is 18.3. The Morgan fingerprint density at radius 2 is 1.81 bits per heavy atom. The highest BCUT2D eigenvalue weighted by atomic mass is 127. The fraction of sp³-hybridized carbons (Fsp3) is 0.200. The van der Waals surface area contributed by atoms with E-state index in [0.717, 1.165) is 17.0 Å². The summed E-state index contributed by atoms with van der Waals surface area (Å²) in [5.74, 6) is 1.06. The van der Waals surface area contributed by atoms with Crippen molar-refractivity contribution in [2.75, 3.05) is 6.54 Å². The van der Waals surface area contributed by atoms with E-state index >= 15 is 0 Å². The summed E-state index contributed by atoms with van der Waals surface area (Å²) < 4.78 is 19.1. The molecule has 0 atom stereocenters. The zero-order valence-electron chi connectivity index (χ0n) is 15.0. The standard InChI is InChI=1S/C20H21FN4O.HI/c1-2-22-20(23-13-16-10-6-7-11-18(16)21)24-14-17-12-19(26-25-17)15-8-4-3-5-9-15;/h3-12H,2,13-14H2,1H3,(H2,22,23,24);1H. The third kappa shape index (κ3) is 6.06. The Morgan fingerprint density at radius 3 is 2.56 bits per heavy atom. The number of halogens is 2. The molecule has 0 unspecified atom stereocenters. The number of hydrogen-bond donors (Lipinski definition) is 2. The van der Waals surface area contributed by atoms with Crippen LogP contribution in [0, 0.1) is 5.82 Å². The first kappa shape index (κ1) is 20.9. The summed E-state index contributed by atoms with van der Waals surface area (Å²) in [7, 11) is 0. The van der Waals surface area contributed by atoms with Crippen LogP contribution in [-0.4, -0.2) is 17.7 Å². The molecule has 0 spiro atoms. The number of rotatable bonds is 6. The van der Waals surface area contributed by atoms with E-state index in [4.69, 9.17) is 4.52 Å². The van der Waals surface area contributed by atoms with Gasteiger partial charge < -0.3 is 15.2 Å². The smallest absolute Gasteiger partial charge is 0.191 e. The van der Waals surface area contributed by atoms with E-state index in [1.807, 2.05) is 43.3 Å². The molecule has 7 heteroatoms. The quantitative estimate of drug-likeness (QED) is 0.313. The van der Waals surface area contributed by atoms with Gasteiger partial charge in [-0.05, 0) is 13.0 Å². The zero-order valence-corrected chi connectivity index (χ0v) is 17.3. The minimum Gasteiger partial charge on any atom is -0.357 e. The summed E-state index contributed by atoms with van der Waals surface area (Å²) in [6.07, 6.45) is 0. The van der Waals surface area contributed by atoms with E-state index in [9.17, 15) is 4.39 Å². The first-order chi connectivity index (χ1) is 12.8. The van der Waals surface area contributed by atoms with E-state index in [1.54, 1.807) is 18.2 Å². The first-order valence-corrected chi connectivity index (χ1v) is 8.53. The van der Waals surface area contributed by atoms with Crippen LogP contribution in [0.5, 0.6) is 0 Å². The van der Waals surface area contributed by atoms with Gasteiger partial charge in [0.1, 0.15) is 11.5 Å². The summed E-state index contributed by atoms with van der Waals surface area (Å²) in [5.41, 5.74) is 2.30. The highest BCUT2D eigenvalue weighted by Crippen LogP contribution is 2.19. The minimum absolute atomic E-state index is 0. The van der Waals surface area contributed by atoms with Crippen molar-refractivity contribution >= 4 is 29.9 Å². The predicted molar refractivity (Wildman–Crippen MR) is 115 cm³/mol. The first-order valence-electron chi connectivity index (χ1n) is 8.53. The van der Waals surface area contributed by atoms with E-state index in [2.05, 4.69) is 20.8 Å². The molecule has 2 aromatic carbocycles. The Hall–Kier alpha value is -2.42.